The molecule has 3 heteroatoms. The van der Waals surface area contributed by atoms with Crippen molar-refractivity contribution in [1.29, 1.82) is 0 Å². The van der Waals surface area contributed by atoms with E-state index in [-0.39, 0.29) is 48.1 Å². The first-order chi connectivity index (χ1) is 27.6. The maximum atomic E-state index is 9.62. The van der Waals surface area contributed by atoms with Gasteiger partial charge in [0.15, 0.2) is 17.5 Å². The molecule has 0 N–H and O–H groups in total. The molecule has 9 rings (SSSR count). The summed E-state index contributed by atoms with van der Waals surface area (Å²) in [5, 5.41) is 0. The summed E-state index contributed by atoms with van der Waals surface area (Å²) in [7, 11) is 0. The van der Waals surface area contributed by atoms with Crippen LogP contribution in [0.4, 0.5) is 0 Å². The molecule has 6 aromatic carbocycles. The van der Waals surface area contributed by atoms with Gasteiger partial charge in [0.2, 0.25) is 0 Å². The summed E-state index contributed by atoms with van der Waals surface area (Å²) in [4.78, 5) is 14.5. The second kappa shape index (κ2) is 12.0. The van der Waals surface area contributed by atoms with E-state index in [0.29, 0.717) is 50.9 Å². The van der Waals surface area contributed by atoms with Gasteiger partial charge in [0.25, 0.3) is 0 Å². The second-order valence-corrected chi connectivity index (χ2v) is 13.8. The molecule has 50 heavy (non-hydrogen) atoms. The fraction of sp³-hybridized carbons (Fsp3) is 0.170. The van der Waals surface area contributed by atoms with Crippen molar-refractivity contribution in [3.63, 3.8) is 0 Å². The SMILES string of the molecule is [2H]c1c([2H])c(-c2cccc(-c3nc(-c4ccccc4)nc(-c4ccccc4)n3)c2)c([2H])c(-c2ccc3c(c2)C2(c4ccccc4-3)C([2H])([2H])CC(C)(C)CC2([2H])[2H])c1[2H]. The number of fused-ring (bicyclic) bond motifs is 5. The van der Waals surface area contributed by atoms with Crippen molar-refractivity contribution in [2.45, 2.75) is 44.8 Å². The molecule has 0 aliphatic heterocycles. The largest absolute Gasteiger partial charge is 0.208 e. The molecule has 0 radical (unpaired) electrons. The summed E-state index contributed by atoms with van der Waals surface area (Å²) >= 11 is 0. The molecule has 1 heterocycles. The standard InChI is InChI=1S/C47H39N3/c1-46(2)25-27-47(28-26-46)41-22-10-9-21-39(41)40-24-23-37(31-42(40)47)35-18-11-17-34(29-35)36-19-12-20-38(30-36)45-49-43(32-13-5-3-6-14-32)48-44(50-45)33-15-7-4-8-16-33/h3-24,29-31H,25-28H2,1-2H3/i11D,17D,18D,27D2,28D2,29D. The van der Waals surface area contributed by atoms with Crippen LogP contribution in [0.15, 0.2) is 152 Å². The van der Waals surface area contributed by atoms with E-state index in [1.165, 1.54) is 0 Å². The van der Waals surface area contributed by atoms with Gasteiger partial charge >= 0.3 is 0 Å². The summed E-state index contributed by atoms with van der Waals surface area (Å²) in [6.45, 7) is 3.82. The van der Waals surface area contributed by atoms with Crippen molar-refractivity contribution >= 4 is 0 Å². The molecule has 2 aliphatic rings. The molecule has 1 fully saturated rings. The summed E-state index contributed by atoms with van der Waals surface area (Å²) in [6, 6.07) is 38.1. The zero-order valence-electron chi connectivity index (χ0n) is 35.9. The summed E-state index contributed by atoms with van der Waals surface area (Å²) in [5.74, 6) is 1.36. The van der Waals surface area contributed by atoms with Crippen molar-refractivity contribution < 1.29 is 11.0 Å². The molecule has 0 unspecified atom stereocenters. The normalized spacial score (nSPS) is 19.7. The lowest BCUT2D eigenvalue weighted by molar-refractivity contribution is 0.188. The maximum Gasteiger partial charge on any atom is 0.164 e. The van der Waals surface area contributed by atoms with Gasteiger partial charge in [-0.05, 0) is 93.7 Å². The van der Waals surface area contributed by atoms with Crippen molar-refractivity contribution in [1.82, 2.24) is 15.0 Å². The van der Waals surface area contributed by atoms with Crippen LogP contribution in [0.1, 0.15) is 61.5 Å². The van der Waals surface area contributed by atoms with E-state index in [1.807, 2.05) is 111 Å². The number of aromatic nitrogens is 3. The Bertz CT molecular complexity index is 2690. The monoisotopic (exact) mass is 653 g/mol. The molecule has 0 amide bonds. The van der Waals surface area contributed by atoms with Crippen LogP contribution in [-0.2, 0) is 5.41 Å². The number of benzene rings is 6. The van der Waals surface area contributed by atoms with E-state index >= 15 is 0 Å². The Kier molecular flexibility index (Phi) is 5.50. The van der Waals surface area contributed by atoms with Gasteiger partial charge in [0, 0.05) is 27.6 Å². The minimum atomic E-state index is -2.00. The number of rotatable bonds is 5. The first-order valence-corrected chi connectivity index (χ1v) is 17.0. The minimum absolute atomic E-state index is 0.116. The molecule has 0 saturated heterocycles. The Hall–Kier alpha value is -5.67. The zero-order chi connectivity index (χ0) is 40.8. The van der Waals surface area contributed by atoms with E-state index in [4.69, 9.17) is 19.1 Å². The van der Waals surface area contributed by atoms with Crippen LogP contribution in [-0.4, -0.2) is 15.0 Å². The molecule has 242 valence electrons. The highest BCUT2D eigenvalue weighted by Gasteiger charge is 2.46. The summed E-state index contributed by atoms with van der Waals surface area (Å²) in [5.41, 5.74) is 3.64. The predicted octanol–water partition coefficient (Wildman–Crippen LogP) is 12.1. The van der Waals surface area contributed by atoms with E-state index in [1.54, 1.807) is 30.3 Å². The molecule has 2 aliphatic carbocycles. The lowest BCUT2D eigenvalue weighted by Gasteiger charge is -2.43. The summed E-state index contributed by atoms with van der Waals surface area (Å²) < 4.78 is 75.3. The lowest BCUT2D eigenvalue weighted by atomic mass is 9.61. The smallest absolute Gasteiger partial charge is 0.164 e. The van der Waals surface area contributed by atoms with Gasteiger partial charge in [-0.2, -0.15) is 0 Å². The maximum absolute atomic E-state index is 9.62. The van der Waals surface area contributed by atoms with E-state index < -0.39 is 23.6 Å². The van der Waals surface area contributed by atoms with Gasteiger partial charge in [-0.15, -0.1) is 0 Å². The Morgan fingerprint density at radius 1 is 0.500 bits per heavy atom. The molecule has 1 spiro atoms. The Balaban J connectivity index is 1.22. The fourth-order valence-electron chi connectivity index (χ4n) is 7.07. The molecule has 0 atom stereocenters. The van der Waals surface area contributed by atoms with E-state index in [0.717, 1.165) is 16.7 Å². The van der Waals surface area contributed by atoms with Crippen molar-refractivity contribution in [2.24, 2.45) is 5.41 Å². The van der Waals surface area contributed by atoms with Crippen LogP contribution >= 0.6 is 0 Å². The topological polar surface area (TPSA) is 38.7 Å². The van der Waals surface area contributed by atoms with Gasteiger partial charge in [0.05, 0.1) is 5.48 Å². The highest BCUT2D eigenvalue weighted by molar-refractivity contribution is 5.85. The predicted molar refractivity (Wildman–Crippen MR) is 205 cm³/mol. The Morgan fingerprint density at radius 2 is 1.02 bits per heavy atom. The van der Waals surface area contributed by atoms with Crippen molar-refractivity contribution in [3.8, 4) is 67.5 Å². The molecular formula is C47H39N3. The van der Waals surface area contributed by atoms with Crippen molar-refractivity contribution in [3.05, 3.63) is 163 Å². The molecule has 3 nitrogen and oxygen atoms in total. The van der Waals surface area contributed by atoms with E-state index in [9.17, 15) is 6.85 Å². The highest BCUT2D eigenvalue weighted by Crippen LogP contribution is 2.58. The molecule has 1 saturated carbocycles. The van der Waals surface area contributed by atoms with Crippen LogP contribution < -0.4 is 0 Å². The second-order valence-electron chi connectivity index (χ2n) is 13.8. The molecule has 7 aromatic rings. The summed E-state index contributed by atoms with van der Waals surface area (Å²) in [6.07, 6.45) is -3.73. The van der Waals surface area contributed by atoms with Crippen LogP contribution in [0.2, 0.25) is 0 Å². The molecule has 0 bridgehead atoms. The lowest BCUT2D eigenvalue weighted by Crippen LogP contribution is -2.34. The third-order valence-electron chi connectivity index (χ3n) is 9.73. The Labute approximate surface area is 306 Å². The first kappa shape index (κ1) is 22.9. The number of hydrogen-bond donors (Lipinski definition) is 0. The third-order valence-corrected chi connectivity index (χ3v) is 9.73. The molecular weight excluding hydrogens is 607 g/mol. The Morgan fingerprint density at radius 3 is 1.68 bits per heavy atom. The number of nitrogens with zero attached hydrogens (tertiary/aromatic N) is 3. The minimum Gasteiger partial charge on any atom is -0.208 e. The van der Waals surface area contributed by atoms with Gasteiger partial charge in [-0.25, -0.2) is 15.0 Å². The average molecular weight is 654 g/mol. The van der Waals surface area contributed by atoms with Gasteiger partial charge < -0.3 is 0 Å². The van der Waals surface area contributed by atoms with E-state index in [2.05, 4.69) is 0 Å². The van der Waals surface area contributed by atoms with Crippen LogP contribution in [0.25, 0.3) is 67.5 Å². The van der Waals surface area contributed by atoms with Gasteiger partial charge in [-0.1, -0.05) is 147 Å². The highest BCUT2D eigenvalue weighted by atomic mass is 15.0. The van der Waals surface area contributed by atoms with Crippen LogP contribution in [0, 0.1) is 5.41 Å². The number of hydrogen-bond acceptors (Lipinski definition) is 3. The van der Waals surface area contributed by atoms with Crippen molar-refractivity contribution in [2.75, 3.05) is 0 Å². The van der Waals surface area contributed by atoms with Gasteiger partial charge in [0.1, 0.15) is 0 Å². The third kappa shape index (κ3) is 5.34. The first-order valence-electron chi connectivity index (χ1n) is 21.0. The quantitative estimate of drug-likeness (QED) is 0.186. The van der Waals surface area contributed by atoms with Crippen LogP contribution in [0.5, 0.6) is 0 Å². The fourth-order valence-corrected chi connectivity index (χ4v) is 7.07. The van der Waals surface area contributed by atoms with Crippen LogP contribution in [0.3, 0.4) is 0 Å². The zero-order valence-corrected chi connectivity index (χ0v) is 27.9. The molecule has 1 aromatic heterocycles. The van der Waals surface area contributed by atoms with Gasteiger partial charge in [-0.3, -0.25) is 0 Å². The average Bonchev–Trinajstić information content (AvgIpc) is 3.51.